The average Bonchev–Trinajstić information content (AvgIpc) is 2.92. The van der Waals surface area contributed by atoms with E-state index in [0.29, 0.717) is 5.92 Å². The number of nitrogens with zero attached hydrogens (tertiary/aromatic N) is 1. The van der Waals surface area contributed by atoms with Crippen molar-refractivity contribution in [2.75, 3.05) is 13.1 Å². The lowest BCUT2D eigenvalue weighted by Gasteiger charge is -2.26. The topological polar surface area (TPSA) is 37.0 Å². The van der Waals surface area contributed by atoms with Crippen molar-refractivity contribution in [2.45, 2.75) is 19.0 Å². The summed E-state index contributed by atoms with van der Waals surface area (Å²) in [5.74, 6) is 0.565. The second kappa shape index (κ2) is 5.61. The summed E-state index contributed by atoms with van der Waals surface area (Å²) in [5, 5.41) is 10.2. The van der Waals surface area contributed by atoms with E-state index in [0.717, 1.165) is 31.2 Å². The molecule has 0 saturated heterocycles. The SMILES string of the molecule is c1ccc2c(c1)CNCC2CNCc1nccs1. The number of nitrogens with one attached hydrogen (secondary N) is 2. The minimum Gasteiger partial charge on any atom is -0.312 e. The van der Waals surface area contributed by atoms with E-state index >= 15 is 0 Å². The maximum Gasteiger partial charge on any atom is 0.106 e. The van der Waals surface area contributed by atoms with Crippen molar-refractivity contribution in [3.8, 4) is 0 Å². The van der Waals surface area contributed by atoms with Gasteiger partial charge in [-0.15, -0.1) is 11.3 Å². The van der Waals surface area contributed by atoms with Crippen molar-refractivity contribution < 1.29 is 0 Å². The van der Waals surface area contributed by atoms with E-state index in [1.807, 2.05) is 11.6 Å². The molecule has 1 aliphatic rings. The van der Waals surface area contributed by atoms with Crippen molar-refractivity contribution in [2.24, 2.45) is 0 Å². The summed E-state index contributed by atoms with van der Waals surface area (Å²) in [7, 11) is 0. The maximum atomic E-state index is 4.28. The summed E-state index contributed by atoms with van der Waals surface area (Å²) in [6.07, 6.45) is 1.86. The Morgan fingerprint density at radius 1 is 1.39 bits per heavy atom. The second-order valence-electron chi connectivity index (χ2n) is 4.58. The zero-order chi connectivity index (χ0) is 12.2. The van der Waals surface area contributed by atoms with Gasteiger partial charge in [-0.1, -0.05) is 24.3 Å². The van der Waals surface area contributed by atoms with E-state index in [-0.39, 0.29) is 0 Å². The average molecular weight is 259 g/mol. The number of hydrogen-bond donors (Lipinski definition) is 2. The molecule has 94 valence electrons. The third-order valence-electron chi connectivity index (χ3n) is 3.35. The first kappa shape index (κ1) is 11.8. The highest BCUT2D eigenvalue weighted by atomic mass is 32.1. The fourth-order valence-electron chi connectivity index (χ4n) is 2.46. The summed E-state index contributed by atoms with van der Waals surface area (Å²) in [5.41, 5.74) is 2.92. The molecule has 0 radical (unpaired) electrons. The van der Waals surface area contributed by atoms with Gasteiger partial charge in [0.1, 0.15) is 5.01 Å². The molecular weight excluding hydrogens is 242 g/mol. The Balaban J connectivity index is 1.60. The zero-order valence-corrected chi connectivity index (χ0v) is 11.0. The fourth-order valence-corrected chi connectivity index (χ4v) is 3.05. The largest absolute Gasteiger partial charge is 0.312 e. The summed E-state index contributed by atoms with van der Waals surface area (Å²) < 4.78 is 0. The lowest BCUT2D eigenvalue weighted by atomic mass is 9.91. The monoisotopic (exact) mass is 259 g/mol. The van der Waals surface area contributed by atoms with Crippen LogP contribution in [0.15, 0.2) is 35.8 Å². The van der Waals surface area contributed by atoms with Crippen molar-refractivity contribution in [1.82, 2.24) is 15.6 Å². The van der Waals surface area contributed by atoms with Gasteiger partial charge in [-0.2, -0.15) is 0 Å². The molecule has 3 rings (SSSR count). The predicted octanol–water partition coefficient (Wildman–Crippen LogP) is 2.12. The molecular formula is C14H17N3S. The van der Waals surface area contributed by atoms with Crippen molar-refractivity contribution >= 4 is 11.3 Å². The van der Waals surface area contributed by atoms with Crippen LogP contribution in [-0.4, -0.2) is 18.1 Å². The van der Waals surface area contributed by atoms with Crippen LogP contribution in [0.4, 0.5) is 0 Å². The quantitative estimate of drug-likeness (QED) is 0.883. The lowest BCUT2D eigenvalue weighted by Crippen LogP contribution is -2.34. The molecule has 1 atom stereocenters. The van der Waals surface area contributed by atoms with Gasteiger partial charge in [0, 0.05) is 43.7 Å². The molecule has 2 N–H and O–H groups in total. The van der Waals surface area contributed by atoms with Crippen molar-refractivity contribution in [3.05, 3.63) is 52.0 Å². The van der Waals surface area contributed by atoms with Gasteiger partial charge in [0.25, 0.3) is 0 Å². The lowest BCUT2D eigenvalue weighted by molar-refractivity contribution is 0.502. The van der Waals surface area contributed by atoms with Gasteiger partial charge in [-0.25, -0.2) is 4.98 Å². The number of rotatable bonds is 4. The number of hydrogen-bond acceptors (Lipinski definition) is 4. The molecule has 1 aromatic heterocycles. The highest BCUT2D eigenvalue weighted by Gasteiger charge is 2.18. The third-order valence-corrected chi connectivity index (χ3v) is 4.13. The molecule has 18 heavy (non-hydrogen) atoms. The van der Waals surface area contributed by atoms with Gasteiger partial charge in [-0.3, -0.25) is 0 Å². The molecule has 3 nitrogen and oxygen atoms in total. The van der Waals surface area contributed by atoms with E-state index in [1.54, 1.807) is 11.3 Å². The molecule has 0 spiro atoms. The Morgan fingerprint density at radius 2 is 2.33 bits per heavy atom. The number of aromatic nitrogens is 1. The van der Waals surface area contributed by atoms with Crippen LogP contribution in [-0.2, 0) is 13.1 Å². The Hall–Kier alpha value is -1.23. The number of fused-ring (bicyclic) bond motifs is 1. The minimum atomic E-state index is 0.565. The standard InChI is InChI=1S/C14H17N3S/c1-2-4-13-11(3-1)7-15-8-12(13)9-16-10-14-17-5-6-18-14/h1-6,12,15-16H,7-10H2. The first-order valence-corrected chi connectivity index (χ1v) is 7.19. The maximum absolute atomic E-state index is 4.28. The highest BCUT2D eigenvalue weighted by molar-refractivity contribution is 7.09. The van der Waals surface area contributed by atoms with Crippen LogP contribution in [0.3, 0.4) is 0 Å². The van der Waals surface area contributed by atoms with Crippen LogP contribution in [0.25, 0.3) is 0 Å². The first-order valence-electron chi connectivity index (χ1n) is 6.31. The summed E-state index contributed by atoms with van der Waals surface area (Å²) in [6.45, 7) is 3.93. The van der Waals surface area contributed by atoms with Gasteiger partial charge in [0.15, 0.2) is 0 Å². The third kappa shape index (κ3) is 2.61. The van der Waals surface area contributed by atoms with E-state index < -0.39 is 0 Å². The first-order chi connectivity index (χ1) is 8.93. The molecule has 0 bridgehead atoms. The van der Waals surface area contributed by atoms with Gasteiger partial charge in [-0.05, 0) is 11.1 Å². The van der Waals surface area contributed by atoms with Crippen LogP contribution < -0.4 is 10.6 Å². The predicted molar refractivity (Wildman–Crippen MR) is 74.7 cm³/mol. The number of benzene rings is 1. The minimum absolute atomic E-state index is 0.565. The van der Waals surface area contributed by atoms with E-state index in [1.165, 1.54) is 11.1 Å². The van der Waals surface area contributed by atoms with E-state index in [9.17, 15) is 0 Å². The van der Waals surface area contributed by atoms with E-state index in [2.05, 4.69) is 39.9 Å². The summed E-state index contributed by atoms with van der Waals surface area (Å²) >= 11 is 1.71. The van der Waals surface area contributed by atoms with Crippen LogP contribution in [0.2, 0.25) is 0 Å². The van der Waals surface area contributed by atoms with Gasteiger partial charge in [0.2, 0.25) is 0 Å². The molecule has 2 heterocycles. The van der Waals surface area contributed by atoms with Crippen LogP contribution >= 0.6 is 11.3 Å². The normalized spacial score (nSPS) is 18.6. The zero-order valence-electron chi connectivity index (χ0n) is 10.2. The molecule has 2 aromatic rings. The molecule has 1 unspecified atom stereocenters. The highest BCUT2D eigenvalue weighted by Crippen LogP contribution is 2.23. The van der Waals surface area contributed by atoms with Crippen molar-refractivity contribution in [3.63, 3.8) is 0 Å². The molecule has 1 aromatic carbocycles. The van der Waals surface area contributed by atoms with Crippen LogP contribution in [0, 0.1) is 0 Å². The number of thiazole rings is 1. The van der Waals surface area contributed by atoms with Crippen molar-refractivity contribution in [1.29, 1.82) is 0 Å². The smallest absolute Gasteiger partial charge is 0.106 e. The van der Waals surface area contributed by atoms with Gasteiger partial charge < -0.3 is 10.6 Å². The fraction of sp³-hybridized carbons (Fsp3) is 0.357. The Kier molecular flexibility index (Phi) is 3.69. The molecule has 1 aliphatic heterocycles. The molecule has 0 saturated carbocycles. The molecule has 0 aliphatic carbocycles. The summed E-state index contributed by atoms with van der Waals surface area (Å²) in [6, 6.07) is 8.73. The summed E-state index contributed by atoms with van der Waals surface area (Å²) in [4.78, 5) is 4.28. The van der Waals surface area contributed by atoms with Crippen LogP contribution in [0.5, 0.6) is 0 Å². The Morgan fingerprint density at radius 3 is 3.22 bits per heavy atom. The Bertz CT molecular complexity index is 496. The van der Waals surface area contributed by atoms with Crippen LogP contribution in [0.1, 0.15) is 22.1 Å². The van der Waals surface area contributed by atoms with E-state index in [4.69, 9.17) is 0 Å². The molecule has 4 heteroatoms. The molecule has 0 amide bonds. The van der Waals surface area contributed by atoms with Gasteiger partial charge >= 0.3 is 0 Å². The second-order valence-corrected chi connectivity index (χ2v) is 5.56. The molecule has 0 fully saturated rings. The Labute approximate surface area is 111 Å². The van der Waals surface area contributed by atoms with Gasteiger partial charge in [0.05, 0.1) is 0 Å².